The Morgan fingerprint density at radius 1 is 1.31 bits per heavy atom. The summed E-state index contributed by atoms with van der Waals surface area (Å²) in [6, 6.07) is 0. The summed E-state index contributed by atoms with van der Waals surface area (Å²) in [7, 11) is 0. The van der Waals surface area contributed by atoms with Crippen LogP contribution in [0.25, 0.3) is 0 Å². The van der Waals surface area contributed by atoms with Gasteiger partial charge in [-0.25, -0.2) is 0 Å². The van der Waals surface area contributed by atoms with Crippen molar-refractivity contribution in [1.82, 2.24) is 0 Å². The lowest BCUT2D eigenvalue weighted by atomic mass is 9.92. The van der Waals surface area contributed by atoms with Gasteiger partial charge in [0.1, 0.15) is 0 Å². The lowest BCUT2D eigenvalue weighted by molar-refractivity contribution is 0.0448. The summed E-state index contributed by atoms with van der Waals surface area (Å²) in [6.07, 6.45) is 3.87. The fraction of sp³-hybridized carbons (Fsp3) is 1.00. The van der Waals surface area contributed by atoms with Crippen LogP contribution < -0.4 is 0 Å². The van der Waals surface area contributed by atoms with Gasteiger partial charge >= 0.3 is 0 Å². The Labute approximate surface area is 81.0 Å². The number of rotatable bonds is 3. The predicted octanol–water partition coefficient (Wildman–Crippen LogP) is 1.94. The highest BCUT2D eigenvalue weighted by atomic mass is 16.3. The minimum absolute atomic E-state index is 0.137. The van der Waals surface area contributed by atoms with E-state index in [1.54, 1.807) is 0 Å². The average Bonchev–Trinajstić information content (AvgIpc) is 2.29. The molecule has 13 heavy (non-hydrogen) atoms. The molecular weight excluding hydrogens is 164 g/mol. The van der Waals surface area contributed by atoms with E-state index in [-0.39, 0.29) is 6.10 Å². The fourth-order valence-electron chi connectivity index (χ4n) is 2.14. The second-order valence-corrected chi connectivity index (χ2v) is 5.16. The number of aliphatic hydroxyl groups excluding tert-OH is 1. The maximum absolute atomic E-state index is 9.77. The van der Waals surface area contributed by atoms with Gasteiger partial charge in [0.05, 0.1) is 11.7 Å². The highest BCUT2D eigenvalue weighted by Gasteiger charge is 2.32. The van der Waals surface area contributed by atoms with Crippen LogP contribution >= 0.6 is 0 Å². The van der Waals surface area contributed by atoms with E-state index in [1.165, 1.54) is 0 Å². The minimum atomic E-state index is -0.578. The summed E-state index contributed by atoms with van der Waals surface area (Å²) in [4.78, 5) is 0. The van der Waals surface area contributed by atoms with Gasteiger partial charge in [0, 0.05) is 0 Å². The normalized spacial score (nSPS) is 35.3. The second kappa shape index (κ2) is 3.97. The van der Waals surface area contributed by atoms with Gasteiger partial charge in [0.2, 0.25) is 0 Å². The molecule has 1 rings (SSSR count). The molecule has 0 saturated heterocycles. The molecule has 0 aromatic carbocycles. The van der Waals surface area contributed by atoms with Crippen LogP contribution in [0.2, 0.25) is 0 Å². The SMILES string of the molecule is CC1CCC(CCC(C)(C)O)C1O. The maximum Gasteiger partial charge on any atom is 0.0593 e. The van der Waals surface area contributed by atoms with Gasteiger partial charge in [-0.1, -0.05) is 6.92 Å². The Kier molecular flexibility index (Phi) is 3.36. The molecule has 1 fully saturated rings. The van der Waals surface area contributed by atoms with Crippen molar-refractivity contribution in [2.45, 2.75) is 58.2 Å². The monoisotopic (exact) mass is 186 g/mol. The summed E-state index contributed by atoms with van der Waals surface area (Å²) in [6.45, 7) is 5.77. The lowest BCUT2D eigenvalue weighted by Crippen LogP contribution is -2.24. The summed E-state index contributed by atoms with van der Waals surface area (Å²) in [5, 5.41) is 19.3. The zero-order valence-electron chi connectivity index (χ0n) is 8.95. The lowest BCUT2D eigenvalue weighted by Gasteiger charge is -2.22. The van der Waals surface area contributed by atoms with E-state index in [2.05, 4.69) is 6.92 Å². The van der Waals surface area contributed by atoms with Gasteiger partial charge in [-0.3, -0.25) is 0 Å². The molecule has 0 spiro atoms. The van der Waals surface area contributed by atoms with Crippen LogP contribution in [0.1, 0.15) is 46.5 Å². The van der Waals surface area contributed by atoms with Gasteiger partial charge in [-0.05, 0) is 51.4 Å². The Bertz CT molecular complexity index is 160. The van der Waals surface area contributed by atoms with Crippen LogP contribution in [0.4, 0.5) is 0 Å². The molecule has 0 radical (unpaired) electrons. The van der Waals surface area contributed by atoms with Crippen LogP contribution in [-0.2, 0) is 0 Å². The summed E-state index contributed by atoms with van der Waals surface area (Å²) in [5.41, 5.74) is -0.578. The van der Waals surface area contributed by atoms with E-state index in [4.69, 9.17) is 0 Å². The van der Waals surface area contributed by atoms with Crippen molar-refractivity contribution < 1.29 is 10.2 Å². The fourth-order valence-corrected chi connectivity index (χ4v) is 2.14. The third-order valence-electron chi connectivity index (χ3n) is 3.19. The van der Waals surface area contributed by atoms with Crippen LogP contribution in [0.5, 0.6) is 0 Å². The van der Waals surface area contributed by atoms with E-state index < -0.39 is 5.60 Å². The zero-order valence-corrected chi connectivity index (χ0v) is 8.95. The van der Waals surface area contributed by atoms with Gasteiger partial charge in [0.15, 0.2) is 0 Å². The second-order valence-electron chi connectivity index (χ2n) is 5.16. The van der Waals surface area contributed by atoms with E-state index in [0.717, 1.165) is 25.7 Å². The predicted molar refractivity (Wildman–Crippen MR) is 53.4 cm³/mol. The topological polar surface area (TPSA) is 40.5 Å². The molecule has 2 nitrogen and oxygen atoms in total. The van der Waals surface area contributed by atoms with Crippen molar-refractivity contribution in [1.29, 1.82) is 0 Å². The first kappa shape index (κ1) is 11.0. The van der Waals surface area contributed by atoms with Gasteiger partial charge in [-0.2, -0.15) is 0 Å². The maximum atomic E-state index is 9.77. The molecule has 1 aliphatic carbocycles. The van der Waals surface area contributed by atoms with Crippen LogP contribution in [0.15, 0.2) is 0 Å². The molecule has 0 amide bonds. The van der Waals surface area contributed by atoms with Crippen LogP contribution in [-0.4, -0.2) is 21.9 Å². The Balaban J connectivity index is 2.30. The molecule has 0 aromatic heterocycles. The van der Waals surface area contributed by atoms with Crippen LogP contribution in [0.3, 0.4) is 0 Å². The number of hydrogen-bond donors (Lipinski definition) is 2. The van der Waals surface area contributed by atoms with E-state index in [9.17, 15) is 10.2 Å². The quantitative estimate of drug-likeness (QED) is 0.707. The largest absolute Gasteiger partial charge is 0.393 e. The van der Waals surface area contributed by atoms with E-state index >= 15 is 0 Å². The Hall–Kier alpha value is -0.0800. The molecule has 3 unspecified atom stereocenters. The van der Waals surface area contributed by atoms with Crippen LogP contribution in [0, 0.1) is 11.8 Å². The number of hydrogen-bond acceptors (Lipinski definition) is 2. The molecule has 2 heteroatoms. The van der Waals surface area contributed by atoms with Gasteiger partial charge in [-0.15, -0.1) is 0 Å². The highest BCUT2D eigenvalue weighted by Crippen LogP contribution is 2.34. The highest BCUT2D eigenvalue weighted by molar-refractivity contribution is 4.83. The van der Waals surface area contributed by atoms with Gasteiger partial charge < -0.3 is 10.2 Å². The van der Waals surface area contributed by atoms with Crippen molar-refractivity contribution in [3.63, 3.8) is 0 Å². The smallest absolute Gasteiger partial charge is 0.0593 e. The van der Waals surface area contributed by atoms with E-state index in [0.29, 0.717) is 11.8 Å². The summed E-state index contributed by atoms with van der Waals surface area (Å²) < 4.78 is 0. The molecule has 1 saturated carbocycles. The molecule has 1 aliphatic rings. The molecule has 0 bridgehead atoms. The zero-order chi connectivity index (χ0) is 10.1. The third-order valence-corrected chi connectivity index (χ3v) is 3.19. The first-order valence-corrected chi connectivity index (χ1v) is 5.30. The Morgan fingerprint density at radius 2 is 1.92 bits per heavy atom. The summed E-state index contributed by atoms with van der Waals surface area (Å²) >= 11 is 0. The van der Waals surface area contributed by atoms with Crippen molar-refractivity contribution >= 4 is 0 Å². The van der Waals surface area contributed by atoms with Crippen molar-refractivity contribution in [2.75, 3.05) is 0 Å². The number of aliphatic hydroxyl groups is 2. The van der Waals surface area contributed by atoms with E-state index in [1.807, 2.05) is 13.8 Å². The van der Waals surface area contributed by atoms with Crippen molar-refractivity contribution in [3.8, 4) is 0 Å². The molecular formula is C11H22O2. The molecule has 2 N–H and O–H groups in total. The molecule has 0 aliphatic heterocycles. The average molecular weight is 186 g/mol. The standard InChI is InChI=1S/C11H22O2/c1-8-4-5-9(10(8)12)6-7-11(2,3)13/h8-10,12-13H,4-7H2,1-3H3. The Morgan fingerprint density at radius 3 is 2.31 bits per heavy atom. The molecule has 0 aromatic rings. The van der Waals surface area contributed by atoms with Crippen molar-refractivity contribution in [3.05, 3.63) is 0 Å². The third kappa shape index (κ3) is 3.28. The molecule has 0 heterocycles. The first-order chi connectivity index (χ1) is 5.90. The first-order valence-electron chi connectivity index (χ1n) is 5.30. The molecule has 3 atom stereocenters. The van der Waals surface area contributed by atoms with Crippen molar-refractivity contribution in [2.24, 2.45) is 11.8 Å². The summed E-state index contributed by atoms with van der Waals surface area (Å²) in [5.74, 6) is 0.869. The molecule has 78 valence electrons. The minimum Gasteiger partial charge on any atom is -0.393 e. The van der Waals surface area contributed by atoms with Gasteiger partial charge in [0.25, 0.3) is 0 Å².